The minimum absolute atomic E-state index is 0.0233. The Labute approximate surface area is 152 Å². The van der Waals surface area contributed by atoms with Crippen molar-refractivity contribution in [2.75, 3.05) is 32.7 Å². The van der Waals surface area contributed by atoms with Crippen LogP contribution in [0.4, 0.5) is 0 Å². The molecule has 1 atom stereocenters. The third-order valence-corrected chi connectivity index (χ3v) is 4.48. The maximum Gasteiger partial charge on any atom is 0.216 e. The van der Waals surface area contributed by atoms with Crippen LogP contribution >= 0.6 is 0 Å². The SMILES string of the molecule is CCCN1CCC(CNC(=NCc2ncc(C(C)(C)C)o2)NCC)C1. The van der Waals surface area contributed by atoms with Crippen LogP contribution in [-0.4, -0.2) is 48.6 Å². The maximum absolute atomic E-state index is 5.82. The van der Waals surface area contributed by atoms with Crippen LogP contribution in [0.5, 0.6) is 0 Å². The van der Waals surface area contributed by atoms with Crippen LogP contribution in [0.15, 0.2) is 15.6 Å². The Morgan fingerprint density at radius 3 is 2.80 bits per heavy atom. The molecular formula is C19H35N5O. The molecule has 0 saturated carbocycles. The molecule has 0 bridgehead atoms. The Kier molecular flexibility index (Phi) is 7.29. The molecule has 0 aliphatic carbocycles. The lowest BCUT2D eigenvalue weighted by Crippen LogP contribution is -2.40. The smallest absolute Gasteiger partial charge is 0.216 e. The average molecular weight is 350 g/mol. The minimum atomic E-state index is -0.0233. The Hall–Kier alpha value is -1.56. The van der Waals surface area contributed by atoms with E-state index in [0.29, 0.717) is 18.4 Å². The highest BCUT2D eigenvalue weighted by Crippen LogP contribution is 2.22. The first-order valence-electron chi connectivity index (χ1n) is 9.62. The number of hydrogen-bond acceptors (Lipinski definition) is 4. The molecule has 1 aliphatic rings. The lowest BCUT2D eigenvalue weighted by molar-refractivity contribution is 0.324. The largest absolute Gasteiger partial charge is 0.443 e. The van der Waals surface area contributed by atoms with Crippen LogP contribution in [0.2, 0.25) is 0 Å². The molecule has 1 aromatic rings. The summed E-state index contributed by atoms with van der Waals surface area (Å²) in [5.41, 5.74) is -0.0233. The van der Waals surface area contributed by atoms with E-state index in [1.165, 1.54) is 32.5 Å². The first-order valence-corrected chi connectivity index (χ1v) is 9.62. The third kappa shape index (κ3) is 6.34. The van der Waals surface area contributed by atoms with E-state index in [0.717, 1.165) is 24.8 Å². The fourth-order valence-corrected chi connectivity index (χ4v) is 3.06. The van der Waals surface area contributed by atoms with Gasteiger partial charge in [0.25, 0.3) is 0 Å². The summed E-state index contributed by atoms with van der Waals surface area (Å²) in [6, 6.07) is 0. The quantitative estimate of drug-likeness (QED) is 0.585. The van der Waals surface area contributed by atoms with Crippen LogP contribution in [0, 0.1) is 5.92 Å². The fraction of sp³-hybridized carbons (Fsp3) is 0.789. The zero-order chi connectivity index (χ0) is 18.3. The molecule has 1 saturated heterocycles. The molecule has 1 aliphatic heterocycles. The fourth-order valence-electron chi connectivity index (χ4n) is 3.06. The molecule has 6 heteroatoms. The summed E-state index contributed by atoms with van der Waals surface area (Å²) < 4.78 is 5.82. The van der Waals surface area contributed by atoms with Gasteiger partial charge >= 0.3 is 0 Å². The van der Waals surface area contributed by atoms with Crippen LogP contribution < -0.4 is 10.6 Å². The second-order valence-corrected chi connectivity index (χ2v) is 7.90. The van der Waals surface area contributed by atoms with E-state index in [1.807, 2.05) is 6.20 Å². The summed E-state index contributed by atoms with van der Waals surface area (Å²) in [6.07, 6.45) is 4.31. The predicted molar refractivity (Wildman–Crippen MR) is 103 cm³/mol. The van der Waals surface area contributed by atoms with E-state index >= 15 is 0 Å². The van der Waals surface area contributed by atoms with Gasteiger partial charge in [-0.3, -0.25) is 0 Å². The second kappa shape index (κ2) is 9.22. The normalized spacial score (nSPS) is 19.4. The van der Waals surface area contributed by atoms with Crippen molar-refractivity contribution in [3.8, 4) is 0 Å². The lowest BCUT2D eigenvalue weighted by atomic mass is 9.94. The minimum Gasteiger partial charge on any atom is -0.443 e. The molecular weight excluding hydrogens is 314 g/mol. The van der Waals surface area contributed by atoms with E-state index < -0.39 is 0 Å². The molecule has 6 nitrogen and oxygen atoms in total. The van der Waals surface area contributed by atoms with Gasteiger partial charge in [0.15, 0.2) is 5.96 Å². The number of aliphatic imine (C=N–C) groups is 1. The van der Waals surface area contributed by atoms with E-state index in [-0.39, 0.29) is 5.41 Å². The van der Waals surface area contributed by atoms with E-state index in [9.17, 15) is 0 Å². The van der Waals surface area contributed by atoms with Gasteiger partial charge in [0, 0.05) is 25.0 Å². The number of rotatable bonds is 7. The third-order valence-electron chi connectivity index (χ3n) is 4.48. The van der Waals surface area contributed by atoms with Gasteiger partial charge in [0.1, 0.15) is 12.3 Å². The topological polar surface area (TPSA) is 65.7 Å². The molecule has 0 radical (unpaired) electrons. The van der Waals surface area contributed by atoms with Gasteiger partial charge in [-0.2, -0.15) is 0 Å². The molecule has 0 aromatic carbocycles. The van der Waals surface area contributed by atoms with Gasteiger partial charge in [-0.1, -0.05) is 27.7 Å². The lowest BCUT2D eigenvalue weighted by Gasteiger charge is -2.16. The van der Waals surface area contributed by atoms with Crippen molar-refractivity contribution in [2.24, 2.45) is 10.9 Å². The van der Waals surface area contributed by atoms with E-state index in [2.05, 4.69) is 60.1 Å². The number of likely N-dealkylation sites (tertiary alicyclic amines) is 1. The summed E-state index contributed by atoms with van der Waals surface area (Å²) in [5, 5.41) is 6.78. The molecule has 25 heavy (non-hydrogen) atoms. The van der Waals surface area contributed by atoms with Crippen molar-refractivity contribution in [3.05, 3.63) is 17.8 Å². The van der Waals surface area contributed by atoms with Crippen molar-refractivity contribution in [3.63, 3.8) is 0 Å². The highest BCUT2D eigenvalue weighted by Gasteiger charge is 2.22. The summed E-state index contributed by atoms with van der Waals surface area (Å²) in [4.78, 5) is 11.5. The zero-order valence-electron chi connectivity index (χ0n) is 16.6. The van der Waals surface area contributed by atoms with Crippen molar-refractivity contribution in [1.82, 2.24) is 20.5 Å². The number of oxazole rings is 1. The molecule has 2 rings (SSSR count). The number of aromatic nitrogens is 1. The van der Waals surface area contributed by atoms with E-state index in [1.54, 1.807) is 0 Å². The highest BCUT2D eigenvalue weighted by molar-refractivity contribution is 5.79. The summed E-state index contributed by atoms with van der Waals surface area (Å²) in [6.45, 7) is 16.6. The van der Waals surface area contributed by atoms with Gasteiger partial charge in [-0.15, -0.1) is 0 Å². The Morgan fingerprint density at radius 2 is 2.16 bits per heavy atom. The molecule has 2 heterocycles. The van der Waals surface area contributed by atoms with Gasteiger partial charge in [0.2, 0.25) is 5.89 Å². The van der Waals surface area contributed by atoms with Gasteiger partial charge < -0.3 is 20.0 Å². The highest BCUT2D eigenvalue weighted by atomic mass is 16.4. The van der Waals surface area contributed by atoms with Crippen molar-refractivity contribution in [2.45, 2.75) is 59.4 Å². The van der Waals surface area contributed by atoms with Crippen molar-refractivity contribution in [1.29, 1.82) is 0 Å². The second-order valence-electron chi connectivity index (χ2n) is 7.90. The molecule has 0 spiro atoms. The first-order chi connectivity index (χ1) is 11.9. The van der Waals surface area contributed by atoms with Gasteiger partial charge in [0.05, 0.1) is 6.20 Å². The van der Waals surface area contributed by atoms with E-state index in [4.69, 9.17) is 4.42 Å². The Bertz CT molecular complexity index is 546. The van der Waals surface area contributed by atoms with Crippen LogP contribution in [0.3, 0.4) is 0 Å². The Balaban J connectivity index is 1.85. The van der Waals surface area contributed by atoms with Crippen molar-refractivity contribution >= 4 is 5.96 Å². The predicted octanol–water partition coefficient (Wildman–Crippen LogP) is 2.76. The molecule has 142 valence electrons. The molecule has 1 aromatic heterocycles. The van der Waals surface area contributed by atoms with Crippen LogP contribution in [-0.2, 0) is 12.0 Å². The molecule has 0 amide bonds. The zero-order valence-corrected chi connectivity index (χ0v) is 16.6. The molecule has 1 fully saturated rings. The van der Waals surface area contributed by atoms with Gasteiger partial charge in [-0.05, 0) is 38.8 Å². The van der Waals surface area contributed by atoms with Gasteiger partial charge in [-0.25, -0.2) is 9.98 Å². The monoisotopic (exact) mass is 349 g/mol. The number of hydrogen-bond donors (Lipinski definition) is 2. The van der Waals surface area contributed by atoms with Crippen LogP contribution in [0.25, 0.3) is 0 Å². The summed E-state index contributed by atoms with van der Waals surface area (Å²) in [5.74, 6) is 3.10. The number of nitrogens with one attached hydrogen (secondary N) is 2. The number of guanidine groups is 1. The average Bonchev–Trinajstić information content (AvgIpc) is 3.19. The van der Waals surface area contributed by atoms with Crippen molar-refractivity contribution < 1.29 is 4.42 Å². The Morgan fingerprint density at radius 1 is 1.36 bits per heavy atom. The standard InChI is InChI=1S/C19H35N5O/c1-6-9-24-10-8-15(14-24)11-22-18(20-7-2)23-13-17-21-12-16(25-17)19(3,4)5/h12,15H,6-11,13-14H2,1-5H3,(H2,20,22,23). The summed E-state index contributed by atoms with van der Waals surface area (Å²) in [7, 11) is 0. The molecule has 1 unspecified atom stereocenters. The number of nitrogens with zero attached hydrogens (tertiary/aromatic N) is 3. The molecule has 2 N–H and O–H groups in total. The summed E-state index contributed by atoms with van der Waals surface area (Å²) >= 11 is 0. The van der Waals surface area contributed by atoms with Crippen LogP contribution in [0.1, 0.15) is 59.1 Å². The maximum atomic E-state index is 5.82. The first kappa shape index (κ1) is 19.8.